The molecule has 0 radical (unpaired) electrons. The van der Waals surface area contributed by atoms with Crippen molar-refractivity contribution in [1.29, 1.82) is 0 Å². The molecule has 1 saturated heterocycles. The van der Waals surface area contributed by atoms with Crippen LogP contribution in [0.5, 0.6) is 5.75 Å². The lowest BCUT2D eigenvalue weighted by molar-refractivity contribution is -0.122. The number of nitrogens with zero attached hydrogens (tertiary/aromatic N) is 1. The van der Waals surface area contributed by atoms with Gasteiger partial charge < -0.3 is 10.5 Å². The second kappa shape index (κ2) is 6.62. The molecule has 0 aliphatic carbocycles. The molecule has 1 aliphatic heterocycles. The average molecular weight is 330 g/mol. The molecule has 0 aromatic heterocycles. The quantitative estimate of drug-likeness (QED) is 0.876. The highest BCUT2D eigenvalue weighted by molar-refractivity contribution is 7.89. The van der Waals surface area contributed by atoms with Crippen molar-refractivity contribution >= 4 is 15.9 Å². The molecule has 1 aliphatic rings. The SMILES string of the molecule is CCOc1ccc(S(=O)(=O)N2CCC(C(N)=O)CC2)cc1F. The third-order valence-electron chi connectivity index (χ3n) is 3.70. The van der Waals surface area contributed by atoms with E-state index in [0.29, 0.717) is 19.4 Å². The second-order valence-corrected chi connectivity index (χ2v) is 7.04. The number of carbonyl (C=O) groups is 1. The van der Waals surface area contributed by atoms with Crippen LogP contribution in [-0.4, -0.2) is 38.3 Å². The van der Waals surface area contributed by atoms with Crippen molar-refractivity contribution in [3.8, 4) is 5.75 Å². The Morgan fingerprint density at radius 1 is 1.41 bits per heavy atom. The number of carbonyl (C=O) groups excluding carboxylic acids is 1. The molecule has 122 valence electrons. The Hall–Kier alpha value is -1.67. The predicted octanol–water partition coefficient (Wildman–Crippen LogP) is 1.11. The second-order valence-electron chi connectivity index (χ2n) is 5.11. The summed E-state index contributed by atoms with van der Waals surface area (Å²) in [5, 5.41) is 0. The molecule has 1 aromatic carbocycles. The molecule has 1 fully saturated rings. The summed E-state index contributed by atoms with van der Waals surface area (Å²) < 4.78 is 45.1. The minimum Gasteiger partial charge on any atom is -0.491 e. The highest BCUT2D eigenvalue weighted by Gasteiger charge is 2.31. The largest absolute Gasteiger partial charge is 0.491 e. The topological polar surface area (TPSA) is 89.7 Å². The maximum absolute atomic E-state index is 13.8. The van der Waals surface area contributed by atoms with Crippen LogP contribution in [0.1, 0.15) is 19.8 Å². The monoisotopic (exact) mass is 330 g/mol. The molecule has 1 aromatic rings. The van der Waals surface area contributed by atoms with Gasteiger partial charge in [-0.1, -0.05) is 0 Å². The molecule has 22 heavy (non-hydrogen) atoms. The Morgan fingerprint density at radius 3 is 2.55 bits per heavy atom. The zero-order valence-electron chi connectivity index (χ0n) is 12.3. The first-order chi connectivity index (χ1) is 10.4. The molecular weight excluding hydrogens is 311 g/mol. The minimum atomic E-state index is -3.78. The fourth-order valence-electron chi connectivity index (χ4n) is 2.44. The summed E-state index contributed by atoms with van der Waals surface area (Å²) in [4.78, 5) is 11.0. The number of sulfonamides is 1. The predicted molar refractivity (Wildman–Crippen MR) is 78.2 cm³/mol. The van der Waals surface area contributed by atoms with Gasteiger partial charge in [-0.15, -0.1) is 0 Å². The van der Waals surface area contributed by atoms with E-state index in [2.05, 4.69) is 0 Å². The first-order valence-electron chi connectivity index (χ1n) is 7.08. The van der Waals surface area contributed by atoms with Crippen LogP contribution in [-0.2, 0) is 14.8 Å². The van der Waals surface area contributed by atoms with E-state index in [1.54, 1.807) is 6.92 Å². The third-order valence-corrected chi connectivity index (χ3v) is 5.59. The summed E-state index contributed by atoms with van der Waals surface area (Å²) in [6, 6.07) is 3.59. The van der Waals surface area contributed by atoms with E-state index in [4.69, 9.17) is 10.5 Å². The normalized spacial score (nSPS) is 17.4. The van der Waals surface area contributed by atoms with E-state index in [1.807, 2.05) is 0 Å². The minimum absolute atomic E-state index is 0.0221. The number of hydrogen-bond donors (Lipinski definition) is 1. The van der Waals surface area contributed by atoms with Gasteiger partial charge in [-0.2, -0.15) is 4.31 Å². The first-order valence-corrected chi connectivity index (χ1v) is 8.52. The van der Waals surface area contributed by atoms with Crippen LogP contribution >= 0.6 is 0 Å². The van der Waals surface area contributed by atoms with E-state index in [9.17, 15) is 17.6 Å². The van der Waals surface area contributed by atoms with Crippen LogP contribution in [0, 0.1) is 11.7 Å². The fraction of sp³-hybridized carbons (Fsp3) is 0.500. The van der Waals surface area contributed by atoms with Crippen molar-refractivity contribution < 1.29 is 22.3 Å². The molecule has 0 saturated carbocycles. The summed E-state index contributed by atoms with van der Waals surface area (Å²) in [6.07, 6.45) is 0.766. The van der Waals surface area contributed by atoms with Crippen molar-refractivity contribution in [2.24, 2.45) is 11.7 Å². The summed E-state index contributed by atoms with van der Waals surface area (Å²) in [5.41, 5.74) is 5.23. The van der Waals surface area contributed by atoms with Crippen LogP contribution in [0.15, 0.2) is 23.1 Å². The molecule has 1 amide bonds. The summed E-state index contributed by atoms with van der Waals surface area (Å²) in [5.74, 6) is -1.41. The van der Waals surface area contributed by atoms with E-state index in [0.717, 1.165) is 6.07 Å². The molecule has 0 unspecified atom stereocenters. The smallest absolute Gasteiger partial charge is 0.243 e. The highest BCUT2D eigenvalue weighted by Crippen LogP contribution is 2.26. The van der Waals surface area contributed by atoms with Crippen molar-refractivity contribution in [3.63, 3.8) is 0 Å². The zero-order valence-corrected chi connectivity index (χ0v) is 13.1. The van der Waals surface area contributed by atoms with Gasteiger partial charge in [-0.3, -0.25) is 4.79 Å². The number of halogens is 1. The van der Waals surface area contributed by atoms with Crippen molar-refractivity contribution in [1.82, 2.24) is 4.31 Å². The Bertz CT molecular complexity index is 655. The molecule has 2 rings (SSSR count). The maximum atomic E-state index is 13.8. The number of piperidine rings is 1. The van der Waals surface area contributed by atoms with Crippen molar-refractivity contribution in [2.45, 2.75) is 24.7 Å². The van der Waals surface area contributed by atoms with E-state index in [-0.39, 0.29) is 29.7 Å². The third kappa shape index (κ3) is 3.38. The molecule has 8 heteroatoms. The molecule has 0 spiro atoms. The highest BCUT2D eigenvalue weighted by atomic mass is 32.2. The lowest BCUT2D eigenvalue weighted by Gasteiger charge is -2.29. The van der Waals surface area contributed by atoms with Crippen molar-refractivity contribution in [2.75, 3.05) is 19.7 Å². The van der Waals surface area contributed by atoms with E-state index >= 15 is 0 Å². The molecule has 0 bridgehead atoms. The standard InChI is InChI=1S/C14H19FN2O4S/c1-2-21-13-4-3-11(9-12(13)15)22(19,20)17-7-5-10(6-8-17)14(16)18/h3-4,9-10H,2,5-8H2,1H3,(H2,16,18). The average Bonchev–Trinajstić information content (AvgIpc) is 2.49. The lowest BCUT2D eigenvalue weighted by Crippen LogP contribution is -2.41. The molecule has 1 heterocycles. The molecule has 6 nitrogen and oxygen atoms in total. The summed E-state index contributed by atoms with van der Waals surface area (Å²) in [7, 11) is -3.78. The number of benzene rings is 1. The van der Waals surface area contributed by atoms with Gasteiger partial charge in [0.15, 0.2) is 11.6 Å². The van der Waals surface area contributed by atoms with Gasteiger partial charge in [-0.05, 0) is 38.0 Å². The molecule has 2 N–H and O–H groups in total. The van der Waals surface area contributed by atoms with Gasteiger partial charge in [0.05, 0.1) is 11.5 Å². The number of nitrogens with two attached hydrogens (primary N) is 1. The number of ether oxygens (including phenoxy) is 1. The lowest BCUT2D eigenvalue weighted by atomic mass is 9.98. The Kier molecular flexibility index (Phi) is 5.02. The Morgan fingerprint density at radius 2 is 2.05 bits per heavy atom. The number of amides is 1. The van der Waals surface area contributed by atoms with Gasteiger partial charge in [0.2, 0.25) is 15.9 Å². The summed E-state index contributed by atoms with van der Waals surface area (Å²) in [6.45, 7) is 2.41. The van der Waals surface area contributed by atoms with E-state index in [1.165, 1.54) is 16.4 Å². The van der Waals surface area contributed by atoms with Crippen LogP contribution < -0.4 is 10.5 Å². The molecule has 0 atom stereocenters. The number of hydrogen-bond acceptors (Lipinski definition) is 4. The summed E-state index contributed by atoms with van der Waals surface area (Å²) >= 11 is 0. The van der Waals surface area contributed by atoms with Gasteiger partial charge in [0.1, 0.15) is 0 Å². The first kappa shape index (κ1) is 16.7. The van der Waals surface area contributed by atoms with Gasteiger partial charge in [0.25, 0.3) is 0 Å². The molecular formula is C14H19FN2O4S. The Labute approximate surface area is 129 Å². The Balaban J connectivity index is 2.17. The zero-order chi connectivity index (χ0) is 16.3. The van der Waals surface area contributed by atoms with Gasteiger partial charge in [0, 0.05) is 19.0 Å². The van der Waals surface area contributed by atoms with Gasteiger partial charge in [-0.25, -0.2) is 12.8 Å². The maximum Gasteiger partial charge on any atom is 0.243 e. The van der Waals surface area contributed by atoms with Crippen LogP contribution in [0.25, 0.3) is 0 Å². The van der Waals surface area contributed by atoms with Crippen LogP contribution in [0.2, 0.25) is 0 Å². The number of primary amides is 1. The van der Waals surface area contributed by atoms with Gasteiger partial charge >= 0.3 is 0 Å². The number of rotatable bonds is 5. The van der Waals surface area contributed by atoms with Crippen molar-refractivity contribution in [3.05, 3.63) is 24.0 Å². The van der Waals surface area contributed by atoms with E-state index < -0.39 is 21.7 Å². The fourth-order valence-corrected chi connectivity index (χ4v) is 3.93. The van der Waals surface area contributed by atoms with Crippen LogP contribution in [0.4, 0.5) is 4.39 Å². The van der Waals surface area contributed by atoms with Crippen LogP contribution in [0.3, 0.4) is 0 Å².